The number of carbonyl (C=O) groups excluding carboxylic acids is 1. The van der Waals surface area contributed by atoms with Crippen LogP contribution in [0.5, 0.6) is 0 Å². The Bertz CT molecular complexity index is 586. The molecule has 1 heterocycles. The van der Waals surface area contributed by atoms with Crippen LogP contribution < -0.4 is 5.32 Å². The van der Waals surface area contributed by atoms with Crippen LogP contribution in [0.3, 0.4) is 0 Å². The van der Waals surface area contributed by atoms with Crippen molar-refractivity contribution in [2.45, 2.75) is 6.92 Å². The second-order valence-corrected chi connectivity index (χ2v) is 4.06. The first-order valence-corrected chi connectivity index (χ1v) is 5.49. The molecule has 1 aromatic carbocycles. The Balaban J connectivity index is 2.18. The van der Waals surface area contributed by atoms with E-state index >= 15 is 0 Å². The number of amides is 1. The van der Waals surface area contributed by atoms with E-state index in [1.54, 1.807) is 6.92 Å². The SMILES string of the molecule is Cc1cnc(C(=O)Nc2ccc(Cl)cc2F)cn1. The molecule has 0 atom stereocenters. The lowest BCUT2D eigenvalue weighted by atomic mass is 10.3. The number of benzene rings is 1. The van der Waals surface area contributed by atoms with Crippen LogP contribution in [0.25, 0.3) is 0 Å². The number of nitrogens with zero attached hydrogens (tertiary/aromatic N) is 2. The van der Waals surface area contributed by atoms with Gasteiger partial charge in [-0.05, 0) is 25.1 Å². The molecule has 0 bridgehead atoms. The zero-order valence-electron chi connectivity index (χ0n) is 9.45. The first kappa shape index (κ1) is 12.4. The van der Waals surface area contributed by atoms with Crippen LogP contribution in [0.15, 0.2) is 30.6 Å². The van der Waals surface area contributed by atoms with Gasteiger partial charge in [0.25, 0.3) is 5.91 Å². The fourth-order valence-electron chi connectivity index (χ4n) is 1.29. The van der Waals surface area contributed by atoms with Gasteiger partial charge in [-0.3, -0.25) is 9.78 Å². The van der Waals surface area contributed by atoms with E-state index < -0.39 is 11.7 Å². The van der Waals surface area contributed by atoms with E-state index in [0.29, 0.717) is 5.69 Å². The summed E-state index contributed by atoms with van der Waals surface area (Å²) in [6.07, 6.45) is 2.80. The van der Waals surface area contributed by atoms with E-state index in [-0.39, 0.29) is 16.4 Å². The maximum absolute atomic E-state index is 13.5. The van der Waals surface area contributed by atoms with Gasteiger partial charge in [0.15, 0.2) is 0 Å². The fraction of sp³-hybridized carbons (Fsp3) is 0.0833. The highest BCUT2D eigenvalue weighted by Crippen LogP contribution is 2.19. The number of hydrogen-bond acceptors (Lipinski definition) is 3. The molecule has 0 saturated carbocycles. The highest BCUT2D eigenvalue weighted by molar-refractivity contribution is 6.30. The number of aromatic nitrogens is 2. The molecule has 1 aromatic heterocycles. The number of hydrogen-bond donors (Lipinski definition) is 1. The summed E-state index contributed by atoms with van der Waals surface area (Å²) in [6, 6.07) is 4.00. The molecule has 1 N–H and O–H groups in total. The fourth-order valence-corrected chi connectivity index (χ4v) is 1.45. The van der Waals surface area contributed by atoms with E-state index in [4.69, 9.17) is 11.6 Å². The van der Waals surface area contributed by atoms with E-state index in [2.05, 4.69) is 15.3 Å². The van der Waals surface area contributed by atoms with Crippen LogP contribution in [0.1, 0.15) is 16.2 Å². The number of anilines is 1. The highest BCUT2D eigenvalue weighted by atomic mass is 35.5. The van der Waals surface area contributed by atoms with Gasteiger partial charge < -0.3 is 5.32 Å². The van der Waals surface area contributed by atoms with E-state index in [0.717, 1.165) is 6.07 Å². The largest absolute Gasteiger partial charge is 0.318 e. The van der Waals surface area contributed by atoms with Gasteiger partial charge in [-0.1, -0.05) is 11.6 Å². The minimum Gasteiger partial charge on any atom is -0.318 e. The average molecular weight is 266 g/mol. The molecule has 4 nitrogen and oxygen atoms in total. The van der Waals surface area contributed by atoms with Gasteiger partial charge in [-0.2, -0.15) is 0 Å². The number of rotatable bonds is 2. The molecule has 92 valence electrons. The summed E-state index contributed by atoms with van der Waals surface area (Å²) in [4.78, 5) is 19.6. The summed E-state index contributed by atoms with van der Waals surface area (Å²) in [6.45, 7) is 1.76. The Hall–Kier alpha value is -2.01. The minimum absolute atomic E-state index is 0.0479. The van der Waals surface area contributed by atoms with Gasteiger partial charge in [0.2, 0.25) is 0 Å². The standard InChI is InChI=1S/C12H9ClFN3O/c1-7-5-16-11(6-15-7)12(18)17-10-3-2-8(13)4-9(10)14/h2-6H,1H3,(H,17,18). The molecular formula is C12H9ClFN3O. The molecule has 0 saturated heterocycles. The third kappa shape index (κ3) is 2.81. The summed E-state index contributed by atoms with van der Waals surface area (Å²) in [5.41, 5.74) is 0.867. The Kier molecular flexibility index (Phi) is 3.53. The van der Waals surface area contributed by atoms with Crippen molar-refractivity contribution in [1.29, 1.82) is 0 Å². The van der Waals surface area contributed by atoms with Gasteiger partial charge in [0, 0.05) is 11.2 Å². The normalized spacial score (nSPS) is 10.2. The molecule has 0 radical (unpaired) electrons. The zero-order valence-corrected chi connectivity index (χ0v) is 10.2. The summed E-state index contributed by atoms with van der Waals surface area (Å²) >= 11 is 5.61. The van der Waals surface area contributed by atoms with E-state index in [9.17, 15) is 9.18 Å². The van der Waals surface area contributed by atoms with E-state index in [1.165, 1.54) is 24.5 Å². The van der Waals surface area contributed by atoms with E-state index in [1.807, 2.05) is 0 Å². The van der Waals surface area contributed by atoms with Gasteiger partial charge >= 0.3 is 0 Å². The van der Waals surface area contributed by atoms with Crippen molar-refractivity contribution in [2.75, 3.05) is 5.32 Å². The van der Waals surface area contributed by atoms with Crippen LogP contribution >= 0.6 is 11.6 Å². The minimum atomic E-state index is -0.601. The smallest absolute Gasteiger partial charge is 0.275 e. The van der Waals surface area contributed by atoms with Gasteiger partial charge in [-0.15, -0.1) is 0 Å². The Morgan fingerprint density at radius 1 is 1.33 bits per heavy atom. The van der Waals surface area contributed by atoms with Crippen LogP contribution in [-0.4, -0.2) is 15.9 Å². The van der Waals surface area contributed by atoms with Crippen LogP contribution in [0.2, 0.25) is 5.02 Å². The summed E-state index contributed by atoms with van der Waals surface area (Å²) in [5, 5.41) is 2.66. The number of aryl methyl sites for hydroxylation is 1. The first-order chi connectivity index (χ1) is 8.56. The predicted octanol–water partition coefficient (Wildman–Crippen LogP) is 2.83. The lowest BCUT2D eigenvalue weighted by Gasteiger charge is -2.05. The molecule has 2 rings (SSSR count). The molecule has 0 spiro atoms. The lowest BCUT2D eigenvalue weighted by Crippen LogP contribution is -2.15. The quantitative estimate of drug-likeness (QED) is 0.908. The van der Waals surface area contributed by atoms with Gasteiger partial charge in [-0.25, -0.2) is 9.37 Å². The molecule has 6 heteroatoms. The average Bonchev–Trinajstić information content (AvgIpc) is 2.33. The topological polar surface area (TPSA) is 54.9 Å². The van der Waals surface area contributed by atoms with Crippen molar-refractivity contribution in [3.8, 4) is 0 Å². The molecule has 0 fully saturated rings. The molecule has 0 aliphatic rings. The third-order valence-electron chi connectivity index (χ3n) is 2.19. The van der Waals surface area contributed by atoms with Crippen LogP contribution in [0, 0.1) is 12.7 Å². The third-order valence-corrected chi connectivity index (χ3v) is 2.43. The van der Waals surface area contributed by atoms with Crippen molar-refractivity contribution >= 4 is 23.2 Å². The number of nitrogens with one attached hydrogen (secondary N) is 1. The molecule has 2 aromatic rings. The van der Waals surface area contributed by atoms with Crippen molar-refractivity contribution < 1.29 is 9.18 Å². The van der Waals surface area contributed by atoms with Crippen molar-refractivity contribution in [3.63, 3.8) is 0 Å². The number of halogens is 2. The predicted molar refractivity (Wildman–Crippen MR) is 66.1 cm³/mol. The second-order valence-electron chi connectivity index (χ2n) is 3.62. The first-order valence-electron chi connectivity index (χ1n) is 5.11. The summed E-state index contributed by atoms with van der Waals surface area (Å²) in [5.74, 6) is -1.13. The summed E-state index contributed by atoms with van der Waals surface area (Å²) < 4.78 is 13.5. The monoisotopic (exact) mass is 265 g/mol. The molecule has 0 unspecified atom stereocenters. The Labute approximate surface area is 108 Å². The highest BCUT2D eigenvalue weighted by Gasteiger charge is 2.11. The molecule has 0 aliphatic heterocycles. The lowest BCUT2D eigenvalue weighted by molar-refractivity contribution is 0.102. The van der Waals surface area contributed by atoms with Crippen molar-refractivity contribution in [3.05, 3.63) is 52.8 Å². The molecular weight excluding hydrogens is 257 g/mol. The van der Waals surface area contributed by atoms with Crippen LogP contribution in [-0.2, 0) is 0 Å². The van der Waals surface area contributed by atoms with Gasteiger partial charge in [0.1, 0.15) is 11.5 Å². The molecule has 18 heavy (non-hydrogen) atoms. The maximum Gasteiger partial charge on any atom is 0.275 e. The Morgan fingerprint density at radius 3 is 2.72 bits per heavy atom. The zero-order chi connectivity index (χ0) is 13.1. The molecule has 1 amide bonds. The van der Waals surface area contributed by atoms with Crippen molar-refractivity contribution in [2.24, 2.45) is 0 Å². The van der Waals surface area contributed by atoms with Gasteiger partial charge in [0.05, 0.1) is 17.6 Å². The number of carbonyl (C=O) groups is 1. The van der Waals surface area contributed by atoms with Crippen molar-refractivity contribution in [1.82, 2.24) is 9.97 Å². The Morgan fingerprint density at radius 2 is 2.11 bits per heavy atom. The summed E-state index contributed by atoms with van der Waals surface area (Å²) in [7, 11) is 0. The molecule has 0 aliphatic carbocycles. The second kappa shape index (κ2) is 5.10. The van der Waals surface area contributed by atoms with Crippen LogP contribution in [0.4, 0.5) is 10.1 Å². The maximum atomic E-state index is 13.5.